The van der Waals surface area contributed by atoms with Crippen LogP contribution in [-0.4, -0.2) is 22.6 Å². The van der Waals surface area contributed by atoms with Crippen molar-refractivity contribution in [3.05, 3.63) is 22.7 Å². The van der Waals surface area contributed by atoms with Crippen LogP contribution in [0.15, 0.2) is 17.2 Å². The van der Waals surface area contributed by atoms with Gasteiger partial charge in [0.25, 0.3) is 5.56 Å². The summed E-state index contributed by atoms with van der Waals surface area (Å²) >= 11 is 0. The van der Waals surface area contributed by atoms with Crippen LogP contribution >= 0.6 is 0 Å². The molecule has 2 rings (SSSR count). The number of anilines is 1. The van der Waals surface area contributed by atoms with Crippen LogP contribution in [0.5, 0.6) is 0 Å². The quantitative estimate of drug-likeness (QED) is 0.762. The molecule has 5 heteroatoms. The van der Waals surface area contributed by atoms with Crippen molar-refractivity contribution in [3.63, 3.8) is 0 Å². The molecule has 0 aliphatic heterocycles. The highest BCUT2D eigenvalue weighted by Gasteiger charge is 2.41. The fourth-order valence-corrected chi connectivity index (χ4v) is 2.25. The molecule has 1 aromatic rings. The van der Waals surface area contributed by atoms with Gasteiger partial charge in [-0.1, -0.05) is 6.92 Å². The molecule has 0 radical (unpaired) electrons. The number of nitrogens with zero attached hydrogens (tertiary/aromatic N) is 2. The van der Waals surface area contributed by atoms with E-state index < -0.39 is 0 Å². The fourth-order valence-electron chi connectivity index (χ4n) is 2.25. The van der Waals surface area contributed by atoms with Crippen LogP contribution in [-0.2, 0) is 6.54 Å². The van der Waals surface area contributed by atoms with E-state index in [1.54, 1.807) is 17.0 Å². The van der Waals surface area contributed by atoms with Crippen molar-refractivity contribution < 1.29 is 0 Å². The van der Waals surface area contributed by atoms with E-state index in [9.17, 15) is 4.79 Å². The molecule has 0 saturated heterocycles. The van der Waals surface area contributed by atoms with Gasteiger partial charge in [-0.15, -0.1) is 0 Å². The number of nitrogens with two attached hydrogens (primary N) is 1. The maximum absolute atomic E-state index is 12.1. The maximum atomic E-state index is 12.1. The highest BCUT2D eigenvalue weighted by atomic mass is 16.1. The van der Waals surface area contributed by atoms with Crippen molar-refractivity contribution in [1.82, 2.24) is 9.55 Å². The van der Waals surface area contributed by atoms with Crippen molar-refractivity contribution >= 4 is 5.82 Å². The zero-order chi connectivity index (χ0) is 13.0. The van der Waals surface area contributed by atoms with Crippen molar-refractivity contribution in [2.24, 2.45) is 11.1 Å². The summed E-state index contributed by atoms with van der Waals surface area (Å²) in [7, 11) is 0. The molecule has 0 unspecified atom stereocenters. The lowest BCUT2D eigenvalue weighted by Crippen LogP contribution is -2.27. The first-order chi connectivity index (χ1) is 8.71. The zero-order valence-corrected chi connectivity index (χ0v) is 11.0. The van der Waals surface area contributed by atoms with Crippen LogP contribution in [0, 0.1) is 5.41 Å². The van der Waals surface area contributed by atoms with Gasteiger partial charge in [0.2, 0.25) is 0 Å². The second-order valence-corrected chi connectivity index (χ2v) is 5.17. The Morgan fingerprint density at radius 2 is 2.33 bits per heavy atom. The summed E-state index contributed by atoms with van der Waals surface area (Å²) in [5.41, 5.74) is 5.90. The summed E-state index contributed by atoms with van der Waals surface area (Å²) in [5.74, 6) is 0.467. The molecule has 0 bridgehead atoms. The molecule has 1 saturated carbocycles. The molecule has 5 nitrogen and oxygen atoms in total. The van der Waals surface area contributed by atoms with Crippen LogP contribution in [0.25, 0.3) is 0 Å². The van der Waals surface area contributed by atoms with Crippen LogP contribution < -0.4 is 16.6 Å². The number of hydrogen-bond donors (Lipinski definition) is 2. The normalized spacial score (nSPS) is 16.6. The Morgan fingerprint density at radius 3 is 2.94 bits per heavy atom. The third-order valence-corrected chi connectivity index (χ3v) is 3.64. The standard InChI is InChI=1S/C13H22N4O/c1-2-8-17-9-7-15-11(12(17)18)16-10-13(3-4-13)5-6-14/h7,9H,2-6,8,10,14H2,1H3,(H,15,16). The van der Waals surface area contributed by atoms with Gasteiger partial charge >= 0.3 is 0 Å². The van der Waals surface area contributed by atoms with E-state index in [4.69, 9.17) is 5.73 Å². The molecule has 100 valence electrons. The minimum atomic E-state index is -0.0251. The van der Waals surface area contributed by atoms with Gasteiger partial charge in [0.05, 0.1) is 0 Å². The average molecular weight is 250 g/mol. The van der Waals surface area contributed by atoms with E-state index in [2.05, 4.69) is 17.2 Å². The summed E-state index contributed by atoms with van der Waals surface area (Å²) in [6, 6.07) is 0. The first-order valence-corrected chi connectivity index (χ1v) is 6.70. The highest BCUT2D eigenvalue weighted by Crippen LogP contribution is 2.48. The predicted molar refractivity (Wildman–Crippen MR) is 72.6 cm³/mol. The van der Waals surface area contributed by atoms with Crippen LogP contribution in [0.3, 0.4) is 0 Å². The summed E-state index contributed by atoms with van der Waals surface area (Å²) < 4.78 is 1.71. The average Bonchev–Trinajstić information content (AvgIpc) is 3.11. The molecule has 1 aliphatic rings. The van der Waals surface area contributed by atoms with Gasteiger partial charge < -0.3 is 15.6 Å². The van der Waals surface area contributed by atoms with E-state index in [1.807, 2.05) is 0 Å². The van der Waals surface area contributed by atoms with Crippen LogP contribution in [0.1, 0.15) is 32.6 Å². The highest BCUT2D eigenvalue weighted by molar-refractivity contribution is 5.31. The maximum Gasteiger partial charge on any atom is 0.293 e. The Balaban J connectivity index is 2.01. The number of aromatic nitrogens is 2. The Morgan fingerprint density at radius 1 is 1.56 bits per heavy atom. The Bertz CT molecular complexity index is 451. The second kappa shape index (κ2) is 5.52. The monoisotopic (exact) mass is 250 g/mol. The molecule has 0 spiro atoms. The third-order valence-electron chi connectivity index (χ3n) is 3.64. The minimum absolute atomic E-state index is 0.0251. The number of hydrogen-bond acceptors (Lipinski definition) is 4. The van der Waals surface area contributed by atoms with Gasteiger partial charge in [0, 0.05) is 25.5 Å². The SMILES string of the molecule is CCCn1ccnc(NCC2(CCN)CC2)c1=O. The summed E-state index contributed by atoms with van der Waals surface area (Å²) in [6.45, 7) is 4.32. The molecular weight excluding hydrogens is 228 g/mol. The van der Waals surface area contributed by atoms with Gasteiger partial charge in [-0.3, -0.25) is 4.79 Å². The lowest BCUT2D eigenvalue weighted by atomic mass is 10.0. The molecule has 1 aromatic heterocycles. The first-order valence-electron chi connectivity index (χ1n) is 6.70. The summed E-state index contributed by atoms with van der Waals surface area (Å²) in [5, 5.41) is 3.20. The molecule has 18 heavy (non-hydrogen) atoms. The molecule has 0 amide bonds. The van der Waals surface area contributed by atoms with E-state index >= 15 is 0 Å². The predicted octanol–water partition coefficient (Wildman–Crippen LogP) is 1.19. The van der Waals surface area contributed by atoms with Gasteiger partial charge in [-0.25, -0.2) is 4.98 Å². The molecule has 1 fully saturated rings. The van der Waals surface area contributed by atoms with E-state index in [-0.39, 0.29) is 5.56 Å². The minimum Gasteiger partial charge on any atom is -0.365 e. The fraction of sp³-hybridized carbons (Fsp3) is 0.692. The lowest BCUT2D eigenvalue weighted by molar-refractivity contribution is 0.499. The van der Waals surface area contributed by atoms with Crippen molar-refractivity contribution in [2.75, 3.05) is 18.4 Å². The second-order valence-electron chi connectivity index (χ2n) is 5.17. The Labute approximate surface area is 107 Å². The largest absolute Gasteiger partial charge is 0.365 e. The number of aryl methyl sites for hydroxylation is 1. The first kappa shape index (κ1) is 13.1. The molecule has 1 heterocycles. The lowest BCUT2D eigenvalue weighted by Gasteiger charge is -2.15. The molecule has 1 aliphatic carbocycles. The van der Waals surface area contributed by atoms with Crippen molar-refractivity contribution in [2.45, 2.75) is 39.2 Å². The van der Waals surface area contributed by atoms with E-state index in [1.165, 1.54) is 12.8 Å². The van der Waals surface area contributed by atoms with Gasteiger partial charge in [0.15, 0.2) is 5.82 Å². The number of rotatable bonds is 7. The zero-order valence-electron chi connectivity index (χ0n) is 11.0. The summed E-state index contributed by atoms with van der Waals surface area (Å²) in [4.78, 5) is 16.2. The van der Waals surface area contributed by atoms with Gasteiger partial charge in [0.1, 0.15) is 0 Å². The molecule has 0 atom stereocenters. The Kier molecular flexibility index (Phi) is 4.01. The van der Waals surface area contributed by atoms with Gasteiger partial charge in [-0.05, 0) is 37.6 Å². The van der Waals surface area contributed by atoms with Crippen molar-refractivity contribution in [3.8, 4) is 0 Å². The van der Waals surface area contributed by atoms with Crippen LogP contribution in [0.4, 0.5) is 5.82 Å². The van der Waals surface area contributed by atoms with Crippen molar-refractivity contribution in [1.29, 1.82) is 0 Å². The number of nitrogens with one attached hydrogen (secondary N) is 1. The molecular formula is C13H22N4O. The molecule has 3 N–H and O–H groups in total. The topological polar surface area (TPSA) is 72.9 Å². The molecule has 0 aromatic carbocycles. The van der Waals surface area contributed by atoms with Crippen LogP contribution in [0.2, 0.25) is 0 Å². The van der Waals surface area contributed by atoms with Gasteiger partial charge in [-0.2, -0.15) is 0 Å². The Hall–Kier alpha value is -1.36. The van der Waals surface area contributed by atoms with E-state index in [0.717, 1.165) is 25.9 Å². The smallest absolute Gasteiger partial charge is 0.293 e. The summed E-state index contributed by atoms with van der Waals surface area (Å²) in [6.07, 6.45) is 7.79. The third kappa shape index (κ3) is 2.90. The van der Waals surface area contributed by atoms with E-state index in [0.29, 0.717) is 17.8 Å².